The molecule has 0 aliphatic rings. The Morgan fingerprint density at radius 1 is 1.11 bits per heavy atom. The molecule has 0 atom stereocenters. The predicted molar refractivity (Wildman–Crippen MR) is 83.2 cm³/mol. The van der Waals surface area contributed by atoms with Gasteiger partial charge >= 0.3 is 0 Å². The van der Waals surface area contributed by atoms with E-state index in [1.54, 1.807) is 11.3 Å². The van der Waals surface area contributed by atoms with Gasteiger partial charge < -0.3 is 0 Å². The number of pyridine rings is 1. The molecule has 0 aliphatic carbocycles. The smallest absolute Gasteiger partial charge is 0.142 e. The average Bonchev–Trinajstić information content (AvgIpc) is 2.89. The molecule has 0 saturated carbocycles. The van der Waals surface area contributed by atoms with E-state index in [0.29, 0.717) is 0 Å². The largest absolute Gasteiger partial charge is 0.253 e. The maximum absolute atomic E-state index is 4.68. The molecule has 0 aliphatic heterocycles. The van der Waals surface area contributed by atoms with Crippen molar-refractivity contribution in [3.8, 4) is 22.0 Å². The normalized spacial score (nSPS) is 10.6. The van der Waals surface area contributed by atoms with Crippen LogP contribution in [0.5, 0.6) is 0 Å². The molecule has 0 N–H and O–H groups in total. The number of thiazole rings is 1. The summed E-state index contributed by atoms with van der Waals surface area (Å²) >= 11 is 5.07. The topological polar surface area (TPSA) is 25.8 Å². The number of aromatic nitrogens is 2. The summed E-state index contributed by atoms with van der Waals surface area (Å²) in [5.41, 5.74) is 4.24. The number of benzene rings is 1. The van der Waals surface area contributed by atoms with E-state index in [0.717, 1.165) is 32.0 Å². The number of hydrogen-bond donors (Lipinski definition) is 0. The molecule has 94 valence electrons. The van der Waals surface area contributed by atoms with Gasteiger partial charge in [0.1, 0.15) is 10.7 Å². The highest BCUT2D eigenvalue weighted by Crippen LogP contribution is 2.29. The van der Waals surface area contributed by atoms with Crippen LogP contribution in [0.3, 0.4) is 0 Å². The molecular weight excluding hydrogens is 320 g/mol. The number of rotatable bonds is 2. The molecule has 2 nitrogen and oxygen atoms in total. The molecule has 0 spiro atoms. The Bertz CT molecular complexity index is 704. The zero-order valence-electron chi connectivity index (χ0n) is 10.3. The van der Waals surface area contributed by atoms with Crippen molar-refractivity contribution in [1.29, 1.82) is 0 Å². The Hall–Kier alpha value is -1.52. The monoisotopic (exact) mass is 330 g/mol. The zero-order valence-corrected chi connectivity index (χ0v) is 12.7. The van der Waals surface area contributed by atoms with E-state index >= 15 is 0 Å². The van der Waals surface area contributed by atoms with Crippen molar-refractivity contribution in [2.75, 3.05) is 0 Å². The summed E-state index contributed by atoms with van der Waals surface area (Å²) in [6.07, 6.45) is 1.81. The first kappa shape index (κ1) is 12.5. The Morgan fingerprint density at radius 3 is 2.63 bits per heavy atom. The first-order chi connectivity index (χ1) is 9.24. The van der Waals surface area contributed by atoms with Gasteiger partial charge in [0.05, 0.1) is 5.69 Å². The third kappa shape index (κ3) is 2.60. The van der Waals surface area contributed by atoms with E-state index in [1.165, 1.54) is 0 Å². The van der Waals surface area contributed by atoms with Crippen LogP contribution in [0.15, 0.2) is 52.4 Å². The fraction of sp³-hybridized carbons (Fsp3) is 0.0667. The summed E-state index contributed by atoms with van der Waals surface area (Å²) in [5.74, 6) is 0. The van der Waals surface area contributed by atoms with Gasteiger partial charge in [-0.15, -0.1) is 11.3 Å². The van der Waals surface area contributed by atoms with Gasteiger partial charge in [0.25, 0.3) is 0 Å². The second kappa shape index (κ2) is 5.23. The molecule has 19 heavy (non-hydrogen) atoms. The molecule has 2 heterocycles. The van der Waals surface area contributed by atoms with Gasteiger partial charge in [-0.05, 0) is 30.7 Å². The second-order valence-electron chi connectivity index (χ2n) is 4.21. The molecule has 3 aromatic rings. The van der Waals surface area contributed by atoms with Crippen LogP contribution in [0.25, 0.3) is 22.0 Å². The summed E-state index contributed by atoms with van der Waals surface area (Å²) in [6.45, 7) is 2.06. The van der Waals surface area contributed by atoms with Crippen LogP contribution in [0.1, 0.15) is 5.56 Å². The van der Waals surface area contributed by atoms with Gasteiger partial charge in [-0.3, -0.25) is 4.98 Å². The lowest BCUT2D eigenvalue weighted by Gasteiger charge is -1.99. The van der Waals surface area contributed by atoms with E-state index in [2.05, 4.69) is 56.4 Å². The lowest BCUT2D eigenvalue weighted by molar-refractivity contribution is 1.25. The van der Waals surface area contributed by atoms with Crippen molar-refractivity contribution in [1.82, 2.24) is 9.97 Å². The summed E-state index contributed by atoms with van der Waals surface area (Å²) < 4.78 is 1.08. The third-order valence-electron chi connectivity index (χ3n) is 2.86. The maximum atomic E-state index is 4.68. The molecule has 2 aromatic heterocycles. The molecule has 0 bridgehead atoms. The molecule has 0 radical (unpaired) electrons. The van der Waals surface area contributed by atoms with Crippen molar-refractivity contribution in [2.45, 2.75) is 6.92 Å². The van der Waals surface area contributed by atoms with Crippen molar-refractivity contribution in [2.24, 2.45) is 0 Å². The lowest BCUT2D eigenvalue weighted by atomic mass is 10.2. The van der Waals surface area contributed by atoms with Gasteiger partial charge in [-0.1, -0.05) is 34.1 Å². The molecule has 0 saturated heterocycles. The summed E-state index contributed by atoms with van der Waals surface area (Å²) in [4.78, 5) is 9.09. The minimum absolute atomic E-state index is 0.968. The molecule has 4 heteroatoms. The number of nitrogens with zero attached hydrogens (tertiary/aromatic N) is 2. The van der Waals surface area contributed by atoms with Crippen molar-refractivity contribution >= 4 is 27.3 Å². The Labute approximate surface area is 124 Å². The first-order valence-electron chi connectivity index (χ1n) is 5.87. The van der Waals surface area contributed by atoms with Crippen LogP contribution in [0.2, 0.25) is 0 Å². The number of aryl methyl sites for hydroxylation is 1. The van der Waals surface area contributed by atoms with Crippen molar-refractivity contribution in [3.05, 3.63) is 58.0 Å². The van der Waals surface area contributed by atoms with Crippen LogP contribution >= 0.6 is 27.3 Å². The van der Waals surface area contributed by atoms with E-state index < -0.39 is 0 Å². The minimum atomic E-state index is 0.968. The molecule has 0 unspecified atom stereocenters. The maximum Gasteiger partial charge on any atom is 0.142 e. The second-order valence-corrected chi connectivity index (χ2v) is 5.99. The highest BCUT2D eigenvalue weighted by atomic mass is 79.9. The first-order valence-corrected chi connectivity index (χ1v) is 7.55. The zero-order chi connectivity index (χ0) is 13.2. The molecule has 3 rings (SSSR count). The van der Waals surface area contributed by atoms with E-state index in [1.807, 2.05) is 24.4 Å². The quantitative estimate of drug-likeness (QED) is 0.664. The van der Waals surface area contributed by atoms with E-state index in [-0.39, 0.29) is 0 Å². The summed E-state index contributed by atoms with van der Waals surface area (Å²) in [7, 11) is 0. The van der Waals surface area contributed by atoms with Gasteiger partial charge in [-0.25, -0.2) is 4.98 Å². The van der Waals surface area contributed by atoms with Gasteiger partial charge in [0, 0.05) is 21.6 Å². The molecular formula is C15H11BrN2S. The number of hydrogen-bond acceptors (Lipinski definition) is 3. The standard InChI is InChI=1S/C15H11BrN2S/c1-10-3-2-8-17-14(10)15-18-13(9-19-15)11-4-6-12(16)7-5-11/h2-9H,1H3. The van der Waals surface area contributed by atoms with Crippen LogP contribution in [-0.4, -0.2) is 9.97 Å². The molecule has 1 aromatic carbocycles. The summed E-state index contributed by atoms with van der Waals surface area (Å²) in [5, 5.41) is 3.04. The Balaban J connectivity index is 2.00. The van der Waals surface area contributed by atoms with Crippen LogP contribution in [0.4, 0.5) is 0 Å². The predicted octanol–water partition coefficient (Wildman–Crippen LogP) is 4.94. The third-order valence-corrected chi connectivity index (χ3v) is 4.23. The van der Waals surface area contributed by atoms with Gasteiger partial charge in [0.2, 0.25) is 0 Å². The fourth-order valence-corrected chi connectivity index (χ4v) is 3.00. The van der Waals surface area contributed by atoms with E-state index in [9.17, 15) is 0 Å². The summed E-state index contributed by atoms with van der Waals surface area (Å²) in [6, 6.07) is 12.2. The van der Waals surface area contributed by atoms with Crippen LogP contribution < -0.4 is 0 Å². The van der Waals surface area contributed by atoms with Gasteiger partial charge in [-0.2, -0.15) is 0 Å². The van der Waals surface area contributed by atoms with E-state index in [4.69, 9.17) is 0 Å². The van der Waals surface area contributed by atoms with Gasteiger partial charge in [0.15, 0.2) is 0 Å². The lowest BCUT2D eigenvalue weighted by Crippen LogP contribution is -1.86. The fourth-order valence-electron chi connectivity index (χ4n) is 1.85. The SMILES string of the molecule is Cc1cccnc1-c1nc(-c2ccc(Br)cc2)cs1. The molecule has 0 fully saturated rings. The Morgan fingerprint density at radius 2 is 1.89 bits per heavy atom. The van der Waals surface area contributed by atoms with Crippen molar-refractivity contribution < 1.29 is 0 Å². The highest BCUT2D eigenvalue weighted by Gasteiger charge is 2.09. The van der Waals surface area contributed by atoms with Crippen LogP contribution in [-0.2, 0) is 0 Å². The Kier molecular flexibility index (Phi) is 3.44. The van der Waals surface area contributed by atoms with Crippen LogP contribution in [0, 0.1) is 6.92 Å². The average molecular weight is 331 g/mol. The molecule has 0 amide bonds. The number of halogens is 1. The minimum Gasteiger partial charge on any atom is -0.253 e. The highest BCUT2D eigenvalue weighted by molar-refractivity contribution is 9.10. The van der Waals surface area contributed by atoms with Crippen molar-refractivity contribution in [3.63, 3.8) is 0 Å².